The third kappa shape index (κ3) is 4.61. The molecule has 1 aliphatic heterocycles. The van der Waals surface area contributed by atoms with Crippen LogP contribution in [0.3, 0.4) is 0 Å². The molecule has 1 aliphatic rings. The van der Waals surface area contributed by atoms with Gasteiger partial charge in [-0.05, 0) is 13.3 Å². The highest BCUT2D eigenvalue weighted by atomic mass is 16.2. The van der Waals surface area contributed by atoms with Crippen LogP contribution >= 0.6 is 0 Å². The molecular formula is C14H26N4O2. The van der Waals surface area contributed by atoms with Crippen LogP contribution in [0.15, 0.2) is 12.7 Å². The van der Waals surface area contributed by atoms with Crippen molar-refractivity contribution in [1.82, 2.24) is 15.1 Å². The monoisotopic (exact) mass is 282 g/mol. The molecule has 114 valence electrons. The third-order valence-corrected chi connectivity index (χ3v) is 3.69. The second kappa shape index (κ2) is 7.40. The lowest BCUT2D eigenvalue weighted by molar-refractivity contribution is -0.138. The molecule has 0 radical (unpaired) electrons. The van der Waals surface area contributed by atoms with Crippen molar-refractivity contribution in [2.24, 2.45) is 5.73 Å². The number of amides is 2. The van der Waals surface area contributed by atoms with Crippen molar-refractivity contribution in [3.05, 3.63) is 12.7 Å². The second-order valence-corrected chi connectivity index (χ2v) is 5.43. The van der Waals surface area contributed by atoms with Crippen LogP contribution in [0.25, 0.3) is 0 Å². The molecule has 1 rings (SSSR count). The molecule has 3 N–H and O–H groups in total. The van der Waals surface area contributed by atoms with Crippen molar-refractivity contribution in [2.75, 3.05) is 39.3 Å². The Bertz CT molecular complexity index is 360. The van der Waals surface area contributed by atoms with Crippen molar-refractivity contribution < 1.29 is 9.59 Å². The summed E-state index contributed by atoms with van der Waals surface area (Å²) in [5, 5.41) is 2.75. The Morgan fingerprint density at radius 3 is 2.45 bits per heavy atom. The number of piperazine rings is 1. The average molecular weight is 282 g/mol. The molecule has 0 aliphatic carbocycles. The zero-order chi connectivity index (χ0) is 15.2. The van der Waals surface area contributed by atoms with E-state index in [0.717, 1.165) is 0 Å². The van der Waals surface area contributed by atoms with Crippen LogP contribution in [0.5, 0.6) is 0 Å². The average Bonchev–Trinajstić information content (AvgIpc) is 2.45. The van der Waals surface area contributed by atoms with Crippen LogP contribution in [0.1, 0.15) is 20.3 Å². The van der Waals surface area contributed by atoms with Crippen molar-refractivity contribution >= 4 is 11.8 Å². The van der Waals surface area contributed by atoms with E-state index in [9.17, 15) is 9.59 Å². The van der Waals surface area contributed by atoms with E-state index in [1.54, 1.807) is 17.9 Å². The lowest BCUT2D eigenvalue weighted by Gasteiger charge is -2.38. The SMILES string of the molecule is C=CCNC(=O)CN1CCN(C(=O)C(C)(N)CC)CC1. The van der Waals surface area contributed by atoms with E-state index >= 15 is 0 Å². The van der Waals surface area contributed by atoms with Gasteiger partial charge in [-0.1, -0.05) is 13.0 Å². The predicted octanol–water partition coefficient (Wildman–Crippen LogP) is -0.440. The minimum absolute atomic E-state index is 0.00393. The van der Waals surface area contributed by atoms with Crippen molar-refractivity contribution in [2.45, 2.75) is 25.8 Å². The molecule has 1 heterocycles. The van der Waals surface area contributed by atoms with Crippen molar-refractivity contribution in [3.63, 3.8) is 0 Å². The molecule has 1 unspecified atom stereocenters. The zero-order valence-electron chi connectivity index (χ0n) is 12.5. The summed E-state index contributed by atoms with van der Waals surface area (Å²) in [4.78, 5) is 27.6. The molecule has 20 heavy (non-hydrogen) atoms. The summed E-state index contributed by atoms with van der Waals surface area (Å²) < 4.78 is 0. The summed E-state index contributed by atoms with van der Waals surface area (Å²) in [6.45, 7) is 10.7. The van der Waals surface area contributed by atoms with Gasteiger partial charge in [-0.25, -0.2) is 0 Å². The molecular weight excluding hydrogens is 256 g/mol. The van der Waals surface area contributed by atoms with Gasteiger partial charge in [-0.3, -0.25) is 14.5 Å². The van der Waals surface area contributed by atoms with Gasteiger partial charge in [0.25, 0.3) is 0 Å². The Hall–Kier alpha value is -1.40. The second-order valence-electron chi connectivity index (χ2n) is 5.43. The molecule has 6 nitrogen and oxygen atoms in total. The first kappa shape index (κ1) is 16.7. The smallest absolute Gasteiger partial charge is 0.242 e. The van der Waals surface area contributed by atoms with Gasteiger partial charge in [0.05, 0.1) is 12.1 Å². The van der Waals surface area contributed by atoms with Gasteiger partial charge in [0, 0.05) is 32.7 Å². The van der Waals surface area contributed by atoms with Gasteiger partial charge in [-0.15, -0.1) is 6.58 Å². The molecule has 1 saturated heterocycles. The highest BCUT2D eigenvalue weighted by Gasteiger charge is 2.32. The number of nitrogens with two attached hydrogens (primary N) is 1. The Kier molecular flexibility index (Phi) is 6.16. The molecule has 0 spiro atoms. The van der Waals surface area contributed by atoms with E-state index in [0.29, 0.717) is 45.7 Å². The van der Waals surface area contributed by atoms with E-state index in [1.807, 2.05) is 11.8 Å². The van der Waals surface area contributed by atoms with Gasteiger partial charge >= 0.3 is 0 Å². The maximum Gasteiger partial charge on any atom is 0.242 e. The highest BCUT2D eigenvalue weighted by Crippen LogP contribution is 2.12. The van der Waals surface area contributed by atoms with Crippen LogP contribution < -0.4 is 11.1 Å². The highest BCUT2D eigenvalue weighted by molar-refractivity contribution is 5.85. The summed E-state index contributed by atoms with van der Waals surface area (Å²) in [5.74, 6) is -0.0161. The predicted molar refractivity (Wildman–Crippen MR) is 79.1 cm³/mol. The molecule has 1 fully saturated rings. The number of carbonyl (C=O) groups excluding carboxylic acids is 2. The van der Waals surface area contributed by atoms with E-state index < -0.39 is 5.54 Å². The van der Waals surface area contributed by atoms with Crippen LogP contribution in [0.4, 0.5) is 0 Å². The lowest BCUT2D eigenvalue weighted by atomic mass is 9.98. The summed E-state index contributed by atoms with van der Waals surface area (Å²) in [7, 11) is 0. The fourth-order valence-electron chi connectivity index (χ4n) is 2.07. The van der Waals surface area contributed by atoms with Crippen LogP contribution in [-0.4, -0.2) is 66.4 Å². The molecule has 0 bridgehead atoms. The molecule has 0 aromatic rings. The minimum atomic E-state index is -0.788. The summed E-state index contributed by atoms with van der Waals surface area (Å²) in [6, 6.07) is 0. The Morgan fingerprint density at radius 2 is 1.95 bits per heavy atom. The first-order valence-corrected chi connectivity index (χ1v) is 7.09. The molecule has 1 atom stereocenters. The van der Waals surface area contributed by atoms with Gasteiger partial charge < -0.3 is 16.0 Å². The first-order chi connectivity index (χ1) is 9.40. The molecule has 0 saturated carbocycles. The summed E-state index contributed by atoms with van der Waals surface area (Å²) in [6.07, 6.45) is 2.28. The van der Waals surface area contributed by atoms with Crippen molar-refractivity contribution in [3.8, 4) is 0 Å². The number of carbonyl (C=O) groups is 2. The molecule has 0 aromatic heterocycles. The standard InChI is InChI=1S/C14H26N4O2/c1-4-6-16-12(19)11-17-7-9-18(10-8-17)13(20)14(3,15)5-2/h4H,1,5-11,15H2,2-3H3,(H,16,19). The van der Waals surface area contributed by atoms with E-state index in [4.69, 9.17) is 5.73 Å². The lowest BCUT2D eigenvalue weighted by Crippen LogP contribution is -2.58. The molecule has 2 amide bonds. The van der Waals surface area contributed by atoms with Crippen LogP contribution in [0, 0.1) is 0 Å². The maximum atomic E-state index is 12.2. The number of hydrogen-bond donors (Lipinski definition) is 2. The third-order valence-electron chi connectivity index (χ3n) is 3.69. The van der Waals surface area contributed by atoms with E-state index in [-0.39, 0.29) is 11.8 Å². The maximum absolute atomic E-state index is 12.2. The number of hydrogen-bond acceptors (Lipinski definition) is 4. The molecule has 6 heteroatoms. The number of rotatable bonds is 6. The first-order valence-electron chi connectivity index (χ1n) is 7.09. The largest absolute Gasteiger partial charge is 0.352 e. The van der Waals surface area contributed by atoms with E-state index in [1.165, 1.54) is 0 Å². The van der Waals surface area contributed by atoms with Crippen LogP contribution in [0.2, 0.25) is 0 Å². The summed E-state index contributed by atoms with van der Waals surface area (Å²) >= 11 is 0. The van der Waals surface area contributed by atoms with Gasteiger partial charge in [0.1, 0.15) is 0 Å². The van der Waals surface area contributed by atoms with Gasteiger partial charge in [0.2, 0.25) is 11.8 Å². The Balaban J connectivity index is 2.38. The van der Waals surface area contributed by atoms with Gasteiger partial charge in [0.15, 0.2) is 0 Å². The number of nitrogens with one attached hydrogen (secondary N) is 1. The van der Waals surface area contributed by atoms with E-state index in [2.05, 4.69) is 11.9 Å². The topological polar surface area (TPSA) is 78.7 Å². The quantitative estimate of drug-likeness (QED) is 0.647. The van der Waals surface area contributed by atoms with Gasteiger partial charge in [-0.2, -0.15) is 0 Å². The molecule has 0 aromatic carbocycles. The fourth-order valence-corrected chi connectivity index (χ4v) is 2.07. The minimum Gasteiger partial charge on any atom is -0.352 e. The fraction of sp³-hybridized carbons (Fsp3) is 0.714. The van der Waals surface area contributed by atoms with Crippen LogP contribution in [-0.2, 0) is 9.59 Å². The number of nitrogens with zero attached hydrogens (tertiary/aromatic N) is 2. The normalized spacial score (nSPS) is 19.2. The zero-order valence-corrected chi connectivity index (χ0v) is 12.5. The Morgan fingerprint density at radius 1 is 1.35 bits per heavy atom. The summed E-state index contributed by atoms with van der Waals surface area (Å²) in [5.41, 5.74) is 5.19. The van der Waals surface area contributed by atoms with Crippen molar-refractivity contribution in [1.29, 1.82) is 0 Å². The Labute approximate surface area is 121 Å².